The molecule has 0 aliphatic rings. The maximum Gasteiger partial charge on any atom is 0.416 e. The molecule has 0 aliphatic heterocycles. The highest BCUT2D eigenvalue weighted by Gasteiger charge is 2.30. The SMILES string of the molecule is CCN(CC)CC(O)CNc1ccnc2cc(C(F)(F)F)ccc12. The number of likely N-dealkylation sites (N-methyl/N-ethyl adjacent to an activating group) is 1. The summed E-state index contributed by atoms with van der Waals surface area (Å²) in [6.07, 6.45) is -3.50. The Bertz CT molecular complexity index is 672. The summed E-state index contributed by atoms with van der Waals surface area (Å²) in [6, 6.07) is 5.18. The standard InChI is InChI=1S/C17H22F3N3O/c1-3-23(4-2)11-13(24)10-22-15-7-8-21-16-9-12(17(18,19)20)5-6-14(15)16/h5-9,13,24H,3-4,10-11H2,1-2H3,(H,21,22). The monoisotopic (exact) mass is 341 g/mol. The Labute approximate surface area is 139 Å². The third-order valence-electron chi connectivity index (χ3n) is 3.96. The topological polar surface area (TPSA) is 48.4 Å². The summed E-state index contributed by atoms with van der Waals surface area (Å²) in [7, 11) is 0. The fourth-order valence-electron chi connectivity index (χ4n) is 2.55. The van der Waals surface area contributed by atoms with Crippen LogP contribution in [0.4, 0.5) is 18.9 Å². The molecular weight excluding hydrogens is 319 g/mol. The van der Waals surface area contributed by atoms with Gasteiger partial charge < -0.3 is 15.3 Å². The number of fused-ring (bicyclic) bond motifs is 1. The molecule has 1 atom stereocenters. The molecule has 0 spiro atoms. The van der Waals surface area contributed by atoms with Crippen LogP contribution in [0.2, 0.25) is 0 Å². The van der Waals surface area contributed by atoms with Crippen LogP contribution in [0.25, 0.3) is 10.9 Å². The Morgan fingerprint density at radius 3 is 2.54 bits per heavy atom. The van der Waals surface area contributed by atoms with Gasteiger partial charge in [0, 0.05) is 30.4 Å². The molecule has 0 bridgehead atoms. The number of hydrogen-bond acceptors (Lipinski definition) is 4. The van der Waals surface area contributed by atoms with Crippen molar-refractivity contribution in [1.82, 2.24) is 9.88 Å². The lowest BCUT2D eigenvalue weighted by Crippen LogP contribution is -2.35. The molecule has 0 saturated carbocycles. The molecule has 0 amide bonds. The van der Waals surface area contributed by atoms with Crippen molar-refractivity contribution < 1.29 is 18.3 Å². The number of nitrogens with zero attached hydrogens (tertiary/aromatic N) is 2. The Morgan fingerprint density at radius 2 is 1.92 bits per heavy atom. The Hall–Kier alpha value is -1.86. The number of halogens is 3. The van der Waals surface area contributed by atoms with E-state index in [2.05, 4.69) is 15.2 Å². The lowest BCUT2D eigenvalue weighted by molar-refractivity contribution is -0.137. The maximum absolute atomic E-state index is 12.8. The molecule has 0 fully saturated rings. The number of aliphatic hydroxyl groups excluding tert-OH is 1. The molecular formula is C17H22F3N3O. The van der Waals surface area contributed by atoms with E-state index in [1.807, 2.05) is 13.8 Å². The average molecular weight is 341 g/mol. The van der Waals surface area contributed by atoms with Crippen LogP contribution in [-0.4, -0.2) is 47.3 Å². The van der Waals surface area contributed by atoms with Crippen molar-refractivity contribution in [3.8, 4) is 0 Å². The van der Waals surface area contributed by atoms with Gasteiger partial charge in [0.1, 0.15) is 0 Å². The van der Waals surface area contributed by atoms with Gasteiger partial charge in [0.25, 0.3) is 0 Å². The predicted octanol–water partition coefficient (Wildman–Crippen LogP) is 3.37. The highest BCUT2D eigenvalue weighted by molar-refractivity contribution is 5.91. The minimum absolute atomic E-state index is 0.271. The number of nitrogens with one attached hydrogen (secondary N) is 1. The van der Waals surface area contributed by atoms with Crippen molar-refractivity contribution >= 4 is 16.6 Å². The lowest BCUT2D eigenvalue weighted by Gasteiger charge is -2.22. The van der Waals surface area contributed by atoms with Gasteiger partial charge in [-0.1, -0.05) is 19.9 Å². The van der Waals surface area contributed by atoms with E-state index >= 15 is 0 Å². The molecule has 1 heterocycles. The number of aliphatic hydroxyl groups is 1. The third-order valence-corrected chi connectivity index (χ3v) is 3.96. The molecule has 2 aromatic rings. The van der Waals surface area contributed by atoms with Crippen LogP contribution in [0.1, 0.15) is 19.4 Å². The molecule has 132 valence electrons. The molecule has 0 saturated heterocycles. The first-order chi connectivity index (χ1) is 11.3. The number of benzene rings is 1. The second kappa shape index (κ2) is 7.81. The molecule has 4 nitrogen and oxygen atoms in total. The van der Waals surface area contributed by atoms with Crippen molar-refractivity contribution in [2.75, 3.05) is 31.5 Å². The molecule has 2 rings (SSSR count). The van der Waals surface area contributed by atoms with E-state index in [4.69, 9.17) is 0 Å². The zero-order valence-electron chi connectivity index (χ0n) is 13.8. The second-order valence-electron chi connectivity index (χ2n) is 5.61. The van der Waals surface area contributed by atoms with Crippen LogP contribution >= 0.6 is 0 Å². The van der Waals surface area contributed by atoms with Crippen LogP contribution in [0, 0.1) is 0 Å². The van der Waals surface area contributed by atoms with Gasteiger partial charge in [-0.25, -0.2) is 0 Å². The van der Waals surface area contributed by atoms with Gasteiger partial charge >= 0.3 is 6.18 Å². The fourth-order valence-corrected chi connectivity index (χ4v) is 2.55. The predicted molar refractivity (Wildman–Crippen MR) is 89.0 cm³/mol. The van der Waals surface area contributed by atoms with Crippen molar-refractivity contribution in [2.24, 2.45) is 0 Å². The Balaban J connectivity index is 2.12. The summed E-state index contributed by atoms with van der Waals surface area (Å²) in [5, 5.41) is 13.8. The van der Waals surface area contributed by atoms with E-state index in [9.17, 15) is 18.3 Å². The van der Waals surface area contributed by atoms with Gasteiger partial charge in [-0.2, -0.15) is 13.2 Å². The summed E-state index contributed by atoms with van der Waals surface area (Å²) >= 11 is 0. The maximum atomic E-state index is 12.8. The first kappa shape index (κ1) is 18.5. The largest absolute Gasteiger partial charge is 0.416 e. The first-order valence-corrected chi connectivity index (χ1v) is 7.95. The average Bonchev–Trinajstić information content (AvgIpc) is 2.56. The first-order valence-electron chi connectivity index (χ1n) is 7.95. The van der Waals surface area contributed by atoms with E-state index in [0.717, 1.165) is 25.2 Å². The summed E-state index contributed by atoms with van der Waals surface area (Å²) in [5.74, 6) is 0. The van der Waals surface area contributed by atoms with E-state index < -0.39 is 17.8 Å². The molecule has 7 heteroatoms. The summed E-state index contributed by atoms with van der Waals surface area (Å²) in [4.78, 5) is 6.11. The molecule has 2 N–H and O–H groups in total. The van der Waals surface area contributed by atoms with E-state index in [1.165, 1.54) is 12.3 Å². The third kappa shape index (κ3) is 4.58. The number of aromatic nitrogens is 1. The summed E-state index contributed by atoms with van der Waals surface area (Å²) in [5.41, 5.74) is 0.210. The molecule has 24 heavy (non-hydrogen) atoms. The molecule has 1 aromatic carbocycles. The minimum Gasteiger partial charge on any atom is -0.390 e. The number of anilines is 1. The number of alkyl halides is 3. The smallest absolute Gasteiger partial charge is 0.390 e. The van der Waals surface area contributed by atoms with Crippen molar-refractivity contribution in [3.63, 3.8) is 0 Å². The molecule has 1 aromatic heterocycles. The van der Waals surface area contributed by atoms with Crippen LogP contribution in [0.3, 0.4) is 0 Å². The van der Waals surface area contributed by atoms with Gasteiger partial charge in [-0.05, 0) is 31.3 Å². The van der Waals surface area contributed by atoms with Crippen LogP contribution in [0.15, 0.2) is 30.5 Å². The molecule has 0 aliphatic carbocycles. The zero-order chi connectivity index (χ0) is 17.7. The Kier molecular flexibility index (Phi) is 6.01. The van der Waals surface area contributed by atoms with Crippen molar-refractivity contribution in [2.45, 2.75) is 26.1 Å². The number of pyridine rings is 1. The number of hydrogen-bond donors (Lipinski definition) is 2. The van der Waals surface area contributed by atoms with Gasteiger partial charge in [-0.3, -0.25) is 4.98 Å². The van der Waals surface area contributed by atoms with Crippen LogP contribution < -0.4 is 5.32 Å². The van der Waals surface area contributed by atoms with Gasteiger partial charge in [0.05, 0.1) is 17.2 Å². The normalized spacial score (nSPS) is 13.5. The quantitative estimate of drug-likeness (QED) is 0.811. The van der Waals surface area contributed by atoms with E-state index in [1.54, 1.807) is 6.07 Å². The Morgan fingerprint density at radius 1 is 1.21 bits per heavy atom. The fraction of sp³-hybridized carbons (Fsp3) is 0.471. The second-order valence-corrected chi connectivity index (χ2v) is 5.61. The molecule has 1 unspecified atom stereocenters. The summed E-state index contributed by atoms with van der Waals surface area (Å²) in [6.45, 7) is 6.62. The lowest BCUT2D eigenvalue weighted by atomic mass is 10.1. The van der Waals surface area contributed by atoms with Gasteiger partial charge in [0.15, 0.2) is 0 Å². The van der Waals surface area contributed by atoms with Crippen molar-refractivity contribution in [3.05, 3.63) is 36.0 Å². The van der Waals surface area contributed by atoms with E-state index in [-0.39, 0.29) is 5.52 Å². The van der Waals surface area contributed by atoms with E-state index in [0.29, 0.717) is 24.2 Å². The highest BCUT2D eigenvalue weighted by atomic mass is 19.4. The van der Waals surface area contributed by atoms with Crippen LogP contribution in [0.5, 0.6) is 0 Å². The molecule has 0 radical (unpaired) electrons. The van der Waals surface area contributed by atoms with Gasteiger partial charge in [0.2, 0.25) is 0 Å². The van der Waals surface area contributed by atoms with Crippen LogP contribution in [-0.2, 0) is 6.18 Å². The van der Waals surface area contributed by atoms with Crippen molar-refractivity contribution in [1.29, 1.82) is 0 Å². The zero-order valence-corrected chi connectivity index (χ0v) is 13.8. The summed E-state index contributed by atoms with van der Waals surface area (Å²) < 4.78 is 38.3. The number of rotatable bonds is 7. The highest BCUT2D eigenvalue weighted by Crippen LogP contribution is 2.32. The van der Waals surface area contributed by atoms with Gasteiger partial charge in [-0.15, -0.1) is 0 Å². The minimum atomic E-state index is -4.39.